The number of halogens is 1. The van der Waals surface area contributed by atoms with Crippen LogP contribution in [0, 0.1) is 0 Å². The lowest BCUT2D eigenvalue weighted by molar-refractivity contribution is -0.117. The van der Waals surface area contributed by atoms with Crippen LogP contribution in [0.2, 0.25) is 0 Å². The van der Waals surface area contributed by atoms with Crippen molar-refractivity contribution in [2.75, 3.05) is 5.32 Å². The predicted octanol–water partition coefficient (Wildman–Crippen LogP) is 2.73. The van der Waals surface area contributed by atoms with Crippen LogP contribution in [0.15, 0.2) is 33.6 Å². The summed E-state index contributed by atoms with van der Waals surface area (Å²) < 4.78 is 27.7. The smallest absolute Gasteiger partial charge is 0.244 e. The van der Waals surface area contributed by atoms with Crippen LogP contribution < -0.4 is 10.0 Å². The summed E-state index contributed by atoms with van der Waals surface area (Å²) in [7, 11) is -3.79. The monoisotopic (exact) mass is 432 g/mol. The summed E-state index contributed by atoms with van der Waals surface area (Å²) in [6.07, 6.45) is 0. The van der Waals surface area contributed by atoms with E-state index in [9.17, 15) is 13.2 Å². The van der Waals surface area contributed by atoms with Crippen molar-refractivity contribution in [3.63, 3.8) is 0 Å². The number of benzene rings is 1. The number of sulfonamides is 1. The van der Waals surface area contributed by atoms with Gasteiger partial charge in [0, 0.05) is 10.4 Å². The number of hydrogen-bond donors (Lipinski definition) is 2. The molecule has 0 saturated heterocycles. The van der Waals surface area contributed by atoms with Crippen LogP contribution in [-0.2, 0) is 14.8 Å². The fraction of sp³-hybridized carbons (Fsp3) is 0.357. The molecule has 0 fully saturated rings. The van der Waals surface area contributed by atoms with Gasteiger partial charge in [0.15, 0.2) is 0 Å². The Morgan fingerprint density at radius 3 is 2.33 bits per heavy atom. The van der Waals surface area contributed by atoms with Crippen molar-refractivity contribution in [3.05, 3.63) is 33.7 Å². The molecule has 1 aromatic heterocycles. The van der Waals surface area contributed by atoms with E-state index in [4.69, 9.17) is 0 Å². The molecule has 0 saturated carbocycles. The standard InChI is InChI=1S/C14H17BrN4O3S2/c1-8(2)13-17-18-14(23-13)16-12(20)9(3)19-24(21,22)11-6-4-10(15)5-7-11/h4-9,19H,1-3H3,(H,16,18,20). The SMILES string of the molecule is CC(NS(=O)(=O)c1ccc(Br)cc1)C(=O)Nc1nnc(C(C)C)s1. The summed E-state index contributed by atoms with van der Waals surface area (Å²) in [5, 5.41) is 11.6. The number of rotatable bonds is 6. The van der Waals surface area contributed by atoms with Crippen molar-refractivity contribution in [1.29, 1.82) is 0 Å². The van der Waals surface area contributed by atoms with Crippen LogP contribution in [0.3, 0.4) is 0 Å². The van der Waals surface area contributed by atoms with Crippen LogP contribution in [0.4, 0.5) is 5.13 Å². The van der Waals surface area contributed by atoms with Crippen LogP contribution in [-0.4, -0.2) is 30.6 Å². The summed E-state index contributed by atoms with van der Waals surface area (Å²) in [4.78, 5) is 12.2. The Hall–Kier alpha value is -1.36. The van der Waals surface area contributed by atoms with Crippen molar-refractivity contribution >= 4 is 48.3 Å². The van der Waals surface area contributed by atoms with Crippen molar-refractivity contribution < 1.29 is 13.2 Å². The maximum Gasteiger partial charge on any atom is 0.244 e. The van der Waals surface area contributed by atoms with E-state index in [0.717, 1.165) is 9.48 Å². The minimum absolute atomic E-state index is 0.0864. The fourth-order valence-corrected chi connectivity index (χ4v) is 3.92. The molecule has 1 atom stereocenters. The predicted molar refractivity (Wildman–Crippen MR) is 96.6 cm³/mol. The topological polar surface area (TPSA) is 101 Å². The van der Waals surface area contributed by atoms with E-state index in [2.05, 4.69) is 36.2 Å². The second kappa shape index (κ2) is 7.68. The minimum Gasteiger partial charge on any atom is -0.299 e. The molecule has 2 rings (SSSR count). The van der Waals surface area contributed by atoms with E-state index < -0.39 is 22.0 Å². The summed E-state index contributed by atoms with van der Waals surface area (Å²) in [6, 6.07) is 5.19. The van der Waals surface area contributed by atoms with E-state index in [1.54, 1.807) is 12.1 Å². The molecule has 1 amide bonds. The lowest BCUT2D eigenvalue weighted by Gasteiger charge is -2.13. The summed E-state index contributed by atoms with van der Waals surface area (Å²) in [6.45, 7) is 5.41. The van der Waals surface area contributed by atoms with Gasteiger partial charge in [-0.3, -0.25) is 10.1 Å². The van der Waals surface area contributed by atoms with Gasteiger partial charge >= 0.3 is 0 Å². The first-order chi connectivity index (χ1) is 11.2. The number of nitrogens with one attached hydrogen (secondary N) is 2. The normalized spacial score (nSPS) is 13.0. The van der Waals surface area contributed by atoms with Gasteiger partial charge in [-0.25, -0.2) is 8.42 Å². The van der Waals surface area contributed by atoms with Crippen molar-refractivity contribution in [1.82, 2.24) is 14.9 Å². The van der Waals surface area contributed by atoms with Gasteiger partial charge < -0.3 is 0 Å². The average molecular weight is 433 g/mol. The first-order valence-electron chi connectivity index (χ1n) is 7.11. The highest BCUT2D eigenvalue weighted by Gasteiger charge is 2.23. The molecule has 0 radical (unpaired) electrons. The highest BCUT2D eigenvalue weighted by atomic mass is 79.9. The van der Waals surface area contributed by atoms with Gasteiger partial charge in [-0.1, -0.05) is 41.1 Å². The highest BCUT2D eigenvalue weighted by Crippen LogP contribution is 2.22. The Morgan fingerprint density at radius 1 is 1.17 bits per heavy atom. The number of hydrogen-bond acceptors (Lipinski definition) is 6. The Labute approximate surface area is 153 Å². The third kappa shape index (κ3) is 4.82. The van der Waals surface area contributed by atoms with E-state index in [1.807, 2.05) is 13.8 Å². The van der Waals surface area contributed by atoms with Gasteiger partial charge in [0.1, 0.15) is 5.01 Å². The van der Waals surface area contributed by atoms with E-state index in [1.165, 1.54) is 30.4 Å². The molecule has 1 aromatic carbocycles. The van der Waals surface area contributed by atoms with Gasteiger partial charge in [0.2, 0.25) is 21.1 Å². The molecule has 130 valence electrons. The van der Waals surface area contributed by atoms with Gasteiger partial charge in [0.05, 0.1) is 10.9 Å². The molecule has 10 heteroatoms. The zero-order chi connectivity index (χ0) is 17.9. The maximum absolute atomic E-state index is 12.3. The van der Waals surface area contributed by atoms with Crippen LogP contribution in [0.5, 0.6) is 0 Å². The molecular weight excluding hydrogens is 416 g/mol. The molecular formula is C14H17BrN4O3S2. The van der Waals surface area contributed by atoms with Gasteiger partial charge in [0.25, 0.3) is 0 Å². The zero-order valence-electron chi connectivity index (χ0n) is 13.3. The minimum atomic E-state index is -3.79. The quantitative estimate of drug-likeness (QED) is 0.730. The molecule has 0 aliphatic carbocycles. The van der Waals surface area contributed by atoms with E-state index >= 15 is 0 Å². The third-order valence-electron chi connectivity index (χ3n) is 3.01. The van der Waals surface area contributed by atoms with E-state index in [-0.39, 0.29) is 10.8 Å². The van der Waals surface area contributed by atoms with E-state index in [0.29, 0.717) is 5.13 Å². The molecule has 0 aliphatic rings. The van der Waals surface area contributed by atoms with Crippen LogP contribution in [0.1, 0.15) is 31.7 Å². The maximum atomic E-state index is 12.3. The van der Waals surface area contributed by atoms with Gasteiger partial charge in [-0.15, -0.1) is 10.2 Å². The Balaban J connectivity index is 2.03. The largest absolute Gasteiger partial charge is 0.299 e. The third-order valence-corrected chi connectivity index (χ3v) is 6.24. The molecule has 24 heavy (non-hydrogen) atoms. The number of amides is 1. The molecule has 0 bridgehead atoms. The molecule has 1 heterocycles. The average Bonchev–Trinajstić information content (AvgIpc) is 2.96. The lowest BCUT2D eigenvalue weighted by Crippen LogP contribution is -2.41. The van der Waals surface area contributed by atoms with Gasteiger partial charge in [-0.05, 0) is 31.2 Å². The number of nitrogens with zero attached hydrogens (tertiary/aromatic N) is 2. The molecule has 0 spiro atoms. The molecule has 1 unspecified atom stereocenters. The molecule has 2 N–H and O–H groups in total. The number of aromatic nitrogens is 2. The van der Waals surface area contributed by atoms with Crippen molar-refractivity contribution in [2.45, 2.75) is 37.6 Å². The fourth-order valence-electron chi connectivity index (χ4n) is 1.70. The summed E-state index contributed by atoms with van der Waals surface area (Å²) in [5.41, 5.74) is 0. The number of anilines is 1. The number of carbonyl (C=O) groups excluding carboxylic acids is 1. The first kappa shape index (κ1) is 19.0. The molecule has 2 aromatic rings. The van der Waals surface area contributed by atoms with Crippen LogP contribution in [0.25, 0.3) is 0 Å². The summed E-state index contributed by atoms with van der Waals surface area (Å²) >= 11 is 4.51. The lowest BCUT2D eigenvalue weighted by atomic mass is 10.2. The Morgan fingerprint density at radius 2 is 1.79 bits per heavy atom. The second-order valence-corrected chi connectivity index (χ2v) is 9.03. The van der Waals surface area contributed by atoms with Gasteiger partial charge in [-0.2, -0.15) is 4.72 Å². The van der Waals surface area contributed by atoms with Crippen LogP contribution >= 0.6 is 27.3 Å². The first-order valence-corrected chi connectivity index (χ1v) is 10.2. The van der Waals surface area contributed by atoms with Crippen molar-refractivity contribution in [3.8, 4) is 0 Å². The second-order valence-electron chi connectivity index (χ2n) is 5.39. The molecule has 0 aliphatic heterocycles. The van der Waals surface area contributed by atoms with Crippen molar-refractivity contribution in [2.24, 2.45) is 0 Å². The number of carbonyl (C=O) groups is 1. The zero-order valence-corrected chi connectivity index (χ0v) is 16.5. The Kier molecular flexibility index (Phi) is 6.07. The Bertz CT molecular complexity index is 819. The summed E-state index contributed by atoms with van der Waals surface area (Å²) in [5.74, 6) is -0.288. The molecule has 7 nitrogen and oxygen atoms in total. The highest BCUT2D eigenvalue weighted by molar-refractivity contribution is 9.10.